The third-order valence-corrected chi connectivity index (χ3v) is 7.55. The number of rotatable bonds is 8. The predicted octanol–water partition coefficient (Wildman–Crippen LogP) is 0.813. The number of fused-ring (bicyclic) bond motifs is 3. The summed E-state index contributed by atoms with van der Waals surface area (Å²) in [5.41, 5.74) is -0.753. The number of amides is 2. The molecule has 0 bridgehead atoms. The molecule has 5 rings (SSSR count). The molecule has 0 aromatic heterocycles. The number of aliphatic hydroxyl groups is 2. The summed E-state index contributed by atoms with van der Waals surface area (Å²) < 4.78 is 17.1. The molecule has 2 amide bonds. The van der Waals surface area contributed by atoms with Gasteiger partial charge in [-0.15, -0.1) is 0 Å². The van der Waals surface area contributed by atoms with Crippen LogP contribution >= 0.6 is 0 Å². The van der Waals surface area contributed by atoms with Crippen LogP contribution in [0.15, 0.2) is 48.5 Å². The van der Waals surface area contributed by atoms with Gasteiger partial charge >= 0.3 is 0 Å². The minimum Gasteiger partial charge on any atom is -0.497 e. The Kier molecular flexibility index (Phi) is 5.94. The van der Waals surface area contributed by atoms with Gasteiger partial charge in [0.2, 0.25) is 11.8 Å². The molecule has 186 valence electrons. The van der Waals surface area contributed by atoms with Crippen molar-refractivity contribution in [1.29, 1.82) is 0 Å². The zero-order valence-electron chi connectivity index (χ0n) is 19.8. The van der Waals surface area contributed by atoms with Gasteiger partial charge in [-0.3, -0.25) is 9.59 Å². The summed E-state index contributed by atoms with van der Waals surface area (Å²) in [7, 11) is 3.11. The molecule has 3 heterocycles. The van der Waals surface area contributed by atoms with E-state index in [1.807, 2.05) is 36.4 Å². The summed E-state index contributed by atoms with van der Waals surface area (Å²) in [5.74, 6) is -1.04. The molecular formula is C26H30N2O7. The number of carbonyl (C=O) groups is 2. The van der Waals surface area contributed by atoms with Crippen molar-refractivity contribution >= 4 is 11.8 Å². The molecule has 3 saturated heterocycles. The lowest BCUT2D eigenvalue weighted by molar-refractivity contribution is -0.147. The number of nitrogens with zero attached hydrogens (tertiary/aromatic N) is 2. The fraction of sp³-hybridized carbons (Fsp3) is 0.462. The number of aliphatic hydroxyl groups excluding tert-OH is 2. The standard InChI is InChI=1S/C26H30N2O7/c1-33-19-9-8-18(20(10-19)34-2)12-28-14-26(16-30)22(24(28)32)21-23(31)27(13-25(21,15-29)35-26)11-17-6-4-3-5-7-17/h3-10,21-22,29-30H,11-16H2,1-2H3/t21-,22+,25-,26+/m1/s1. The van der Waals surface area contributed by atoms with Crippen LogP contribution < -0.4 is 9.47 Å². The molecule has 0 aliphatic carbocycles. The van der Waals surface area contributed by atoms with Gasteiger partial charge in [0.05, 0.1) is 52.4 Å². The highest BCUT2D eigenvalue weighted by atomic mass is 16.6. The van der Waals surface area contributed by atoms with Crippen LogP contribution in [-0.4, -0.2) is 83.6 Å². The normalized spacial score (nSPS) is 29.5. The molecule has 3 fully saturated rings. The minimum absolute atomic E-state index is 0.117. The van der Waals surface area contributed by atoms with E-state index in [9.17, 15) is 19.8 Å². The van der Waals surface area contributed by atoms with Crippen LogP contribution in [0.5, 0.6) is 11.5 Å². The molecule has 9 nitrogen and oxygen atoms in total. The molecule has 2 N–H and O–H groups in total. The van der Waals surface area contributed by atoms with Gasteiger partial charge in [0.25, 0.3) is 0 Å². The number of hydrogen-bond acceptors (Lipinski definition) is 7. The fourth-order valence-electron chi connectivity index (χ4n) is 5.95. The zero-order chi connectivity index (χ0) is 24.8. The van der Waals surface area contributed by atoms with E-state index in [1.54, 1.807) is 36.2 Å². The van der Waals surface area contributed by atoms with Gasteiger partial charge in [0, 0.05) is 24.7 Å². The molecule has 4 atom stereocenters. The SMILES string of the molecule is COc1ccc(CN2C[C@@]3(CO)O[C@@]4(CO)CN(Cc5ccccc5)C(=O)[C@H]4[C@H]3C2=O)c(OC)c1. The maximum Gasteiger partial charge on any atom is 0.230 e. The van der Waals surface area contributed by atoms with Crippen molar-refractivity contribution in [3.05, 3.63) is 59.7 Å². The molecule has 3 aliphatic heterocycles. The van der Waals surface area contributed by atoms with Gasteiger partial charge in [0.1, 0.15) is 22.7 Å². The Labute approximate surface area is 203 Å². The first kappa shape index (κ1) is 23.6. The Morgan fingerprint density at radius 1 is 0.886 bits per heavy atom. The maximum atomic E-state index is 13.7. The molecule has 2 aromatic rings. The molecule has 0 unspecified atom stereocenters. The molecule has 35 heavy (non-hydrogen) atoms. The first-order valence-corrected chi connectivity index (χ1v) is 11.6. The lowest BCUT2D eigenvalue weighted by Gasteiger charge is -2.33. The highest BCUT2D eigenvalue weighted by Gasteiger charge is 2.74. The highest BCUT2D eigenvalue weighted by molar-refractivity contribution is 5.94. The van der Waals surface area contributed by atoms with E-state index in [-0.39, 0.29) is 31.4 Å². The summed E-state index contributed by atoms with van der Waals surface area (Å²) in [5, 5.41) is 20.8. The molecule has 0 radical (unpaired) electrons. The van der Waals surface area contributed by atoms with E-state index in [0.717, 1.165) is 11.1 Å². The largest absolute Gasteiger partial charge is 0.497 e. The second kappa shape index (κ2) is 8.82. The van der Waals surface area contributed by atoms with E-state index >= 15 is 0 Å². The summed E-state index contributed by atoms with van der Waals surface area (Å²) in [6.45, 7) is 0.0397. The van der Waals surface area contributed by atoms with E-state index in [1.165, 1.54) is 0 Å². The predicted molar refractivity (Wildman–Crippen MR) is 125 cm³/mol. The second-order valence-electron chi connectivity index (χ2n) is 9.56. The molecule has 0 spiro atoms. The monoisotopic (exact) mass is 482 g/mol. The lowest BCUT2D eigenvalue weighted by Crippen LogP contribution is -2.48. The number of methoxy groups -OCH3 is 2. The van der Waals surface area contributed by atoms with Crippen LogP contribution in [0.25, 0.3) is 0 Å². The summed E-state index contributed by atoms with van der Waals surface area (Å²) in [6.07, 6.45) is 0. The number of benzene rings is 2. The van der Waals surface area contributed by atoms with Crippen LogP contribution in [0.3, 0.4) is 0 Å². The van der Waals surface area contributed by atoms with Crippen molar-refractivity contribution in [2.24, 2.45) is 11.8 Å². The Morgan fingerprint density at radius 2 is 1.49 bits per heavy atom. The van der Waals surface area contributed by atoms with Gasteiger partial charge in [-0.2, -0.15) is 0 Å². The minimum atomic E-state index is -1.25. The summed E-state index contributed by atoms with van der Waals surface area (Å²) in [4.78, 5) is 30.5. The van der Waals surface area contributed by atoms with Crippen molar-refractivity contribution in [2.75, 3.05) is 40.5 Å². The Balaban J connectivity index is 1.42. The van der Waals surface area contributed by atoms with Crippen LogP contribution in [0.1, 0.15) is 11.1 Å². The van der Waals surface area contributed by atoms with E-state index in [2.05, 4.69) is 0 Å². The Morgan fingerprint density at radius 3 is 2.03 bits per heavy atom. The van der Waals surface area contributed by atoms with Gasteiger partial charge in [-0.25, -0.2) is 0 Å². The van der Waals surface area contributed by atoms with E-state index < -0.39 is 36.3 Å². The Hall–Kier alpha value is -3.14. The van der Waals surface area contributed by atoms with Crippen LogP contribution in [0, 0.1) is 11.8 Å². The third-order valence-electron chi connectivity index (χ3n) is 7.55. The van der Waals surface area contributed by atoms with Gasteiger partial charge in [-0.05, 0) is 17.7 Å². The number of ether oxygens (including phenoxy) is 3. The van der Waals surface area contributed by atoms with E-state index in [0.29, 0.717) is 18.0 Å². The number of hydrogen-bond donors (Lipinski definition) is 2. The average molecular weight is 483 g/mol. The fourth-order valence-corrected chi connectivity index (χ4v) is 5.95. The third kappa shape index (κ3) is 3.65. The topological polar surface area (TPSA) is 109 Å². The quantitative estimate of drug-likeness (QED) is 0.573. The number of likely N-dealkylation sites (tertiary alicyclic amines) is 2. The van der Waals surface area contributed by atoms with Gasteiger partial charge < -0.3 is 34.2 Å². The van der Waals surface area contributed by atoms with Gasteiger partial charge in [-0.1, -0.05) is 30.3 Å². The summed E-state index contributed by atoms with van der Waals surface area (Å²) in [6, 6.07) is 14.9. The molecule has 0 saturated carbocycles. The highest BCUT2D eigenvalue weighted by Crippen LogP contribution is 2.55. The first-order chi connectivity index (χ1) is 16.9. The first-order valence-electron chi connectivity index (χ1n) is 11.6. The molecule has 2 aromatic carbocycles. The van der Waals surface area contributed by atoms with Crippen molar-refractivity contribution in [2.45, 2.75) is 24.3 Å². The van der Waals surface area contributed by atoms with Crippen LogP contribution in [-0.2, 0) is 27.4 Å². The van der Waals surface area contributed by atoms with Crippen LogP contribution in [0.4, 0.5) is 0 Å². The average Bonchev–Trinajstić information content (AvgIpc) is 3.42. The lowest BCUT2D eigenvalue weighted by atomic mass is 9.78. The molecule has 3 aliphatic rings. The second-order valence-corrected chi connectivity index (χ2v) is 9.56. The van der Waals surface area contributed by atoms with Crippen molar-refractivity contribution in [3.8, 4) is 11.5 Å². The van der Waals surface area contributed by atoms with E-state index in [4.69, 9.17) is 14.2 Å². The van der Waals surface area contributed by atoms with Gasteiger partial charge in [0.15, 0.2) is 0 Å². The van der Waals surface area contributed by atoms with Crippen molar-refractivity contribution in [1.82, 2.24) is 9.80 Å². The molecule has 9 heteroatoms. The van der Waals surface area contributed by atoms with Crippen molar-refractivity contribution < 1.29 is 34.0 Å². The van der Waals surface area contributed by atoms with Crippen molar-refractivity contribution in [3.63, 3.8) is 0 Å². The maximum absolute atomic E-state index is 13.7. The smallest absolute Gasteiger partial charge is 0.230 e. The summed E-state index contributed by atoms with van der Waals surface area (Å²) >= 11 is 0. The Bertz CT molecular complexity index is 1130. The zero-order valence-corrected chi connectivity index (χ0v) is 19.8. The molecular weight excluding hydrogens is 452 g/mol. The van der Waals surface area contributed by atoms with Crippen LogP contribution in [0.2, 0.25) is 0 Å². The number of carbonyl (C=O) groups excluding carboxylic acids is 2.